The highest BCUT2D eigenvalue weighted by molar-refractivity contribution is 5.85. The molecule has 1 fully saturated rings. The smallest absolute Gasteiger partial charge is 0.354 e. The number of rotatable bonds is 6. The van der Waals surface area contributed by atoms with Crippen LogP contribution in [0.2, 0.25) is 0 Å². The highest BCUT2D eigenvalue weighted by atomic mass is 16.5. The number of nitrogens with one attached hydrogen (secondary N) is 1. The van der Waals surface area contributed by atoms with Gasteiger partial charge in [-0.05, 0) is 25.0 Å². The van der Waals surface area contributed by atoms with Gasteiger partial charge in [0.05, 0.1) is 6.61 Å². The van der Waals surface area contributed by atoms with Gasteiger partial charge in [0.2, 0.25) is 0 Å². The van der Waals surface area contributed by atoms with Crippen LogP contribution in [0.3, 0.4) is 0 Å². The van der Waals surface area contributed by atoms with E-state index in [1.165, 1.54) is 18.9 Å². The molecule has 0 radical (unpaired) electrons. The normalized spacial score (nSPS) is 17.3. The Balaban J connectivity index is 2.01. The molecule has 0 bridgehead atoms. The van der Waals surface area contributed by atoms with Crippen molar-refractivity contribution in [2.24, 2.45) is 5.41 Å². The number of carbonyl (C=O) groups is 1. The molecule has 0 atom stereocenters. The first-order chi connectivity index (χ1) is 9.15. The Bertz CT molecular complexity index is 442. The van der Waals surface area contributed by atoms with Gasteiger partial charge in [-0.25, -0.2) is 9.78 Å². The van der Waals surface area contributed by atoms with Gasteiger partial charge in [0.1, 0.15) is 5.82 Å². The third kappa shape index (κ3) is 3.44. The lowest BCUT2D eigenvalue weighted by atomic mass is 9.87. The third-order valence-corrected chi connectivity index (χ3v) is 3.73. The molecule has 0 saturated heterocycles. The first kappa shape index (κ1) is 13.8. The minimum Gasteiger partial charge on any atom is -0.477 e. The van der Waals surface area contributed by atoms with E-state index >= 15 is 0 Å². The molecule has 2 rings (SSSR count). The van der Waals surface area contributed by atoms with E-state index < -0.39 is 5.97 Å². The van der Waals surface area contributed by atoms with E-state index in [1.807, 2.05) is 0 Å². The molecule has 0 amide bonds. The Morgan fingerprint density at radius 3 is 2.84 bits per heavy atom. The molecular formula is C14H20N2O3. The molecule has 19 heavy (non-hydrogen) atoms. The van der Waals surface area contributed by atoms with E-state index in [-0.39, 0.29) is 11.1 Å². The van der Waals surface area contributed by atoms with E-state index in [1.54, 1.807) is 19.2 Å². The average Bonchev–Trinajstić information content (AvgIpc) is 2.86. The summed E-state index contributed by atoms with van der Waals surface area (Å²) in [5.41, 5.74) is 0.229. The molecule has 0 spiro atoms. The summed E-state index contributed by atoms with van der Waals surface area (Å²) in [6, 6.07) is 4.99. The minimum atomic E-state index is -1.00. The summed E-state index contributed by atoms with van der Waals surface area (Å²) in [5, 5.41) is 12.2. The average molecular weight is 264 g/mol. The number of nitrogens with zero attached hydrogens (tertiary/aromatic N) is 1. The number of ether oxygens (including phenoxy) is 1. The van der Waals surface area contributed by atoms with Crippen LogP contribution < -0.4 is 5.32 Å². The number of pyridine rings is 1. The predicted molar refractivity (Wildman–Crippen MR) is 72.5 cm³/mol. The number of hydrogen-bond donors (Lipinski definition) is 2. The van der Waals surface area contributed by atoms with Crippen molar-refractivity contribution >= 4 is 11.8 Å². The van der Waals surface area contributed by atoms with Gasteiger partial charge in [0.25, 0.3) is 0 Å². The number of carboxylic acids is 1. The van der Waals surface area contributed by atoms with E-state index in [2.05, 4.69) is 10.3 Å². The van der Waals surface area contributed by atoms with Crippen LogP contribution in [0.15, 0.2) is 18.2 Å². The molecule has 5 nitrogen and oxygen atoms in total. The van der Waals surface area contributed by atoms with Gasteiger partial charge in [-0.2, -0.15) is 0 Å². The molecule has 104 valence electrons. The topological polar surface area (TPSA) is 71.5 Å². The number of hydrogen-bond acceptors (Lipinski definition) is 4. The molecule has 1 aromatic heterocycles. The van der Waals surface area contributed by atoms with Crippen LogP contribution in [0.1, 0.15) is 36.2 Å². The summed E-state index contributed by atoms with van der Waals surface area (Å²) in [7, 11) is 1.73. The Morgan fingerprint density at radius 1 is 1.47 bits per heavy atom. The summed E-state index contributed by atoms with van der Waals surface area (Å²) in [4.78, 5) is 14.9. The van der Waals surface area contributed by atoms with Crippen molar-refractivity contribution < 1.29 is 14.6 Å². The molecule has 0 aliphatic heterocycles. The largest absolute Gasteiger partial charge is 0.477 e. The van der Waals surface area contributed by atoms with Crippen molar-refractivity contribution in [2.45, 2.75) is 25.7 Å². The van der Waals surface area contributed by atoms with Gasteiger partial charge < -0.3 is 15.2 Å². The van der Waals surface area contributed by atoms with Crippen molar-refractivity contribution in [2.75, 3.05) is 25.6 Å². The zero-order chi connectivity index (χ0) is 13.7. The van der Waals surface area contributed by atoms with E-state index in [9.17, 15) is 4.79 Å². The molecule has 1 heterocycles. The second-order valence-electron chi connectivity index (χ2n) is 5.21. The van der Waals surface area contributed by atoms with Crippen molar-refractivity contribution in [3.05, 3.63) is 23.9 Å². The van der Waals surface area contributed by atoms with Crippen LogP contribution in [0, 0.1) is 5.41 Å². The van der Waals surface area contributed by atoms with Gasteiger partial charge in [-0.15, -0.1) is 0 Å². The maximum atomic E-state index is 10.9. The molecular weight excluding hydrogens is 244 g/mol. The molecule has 5 heteroatoms. The Labute approximate surface area is 113 Å². The first-order valence-corrected chi connectivity index (χ1v) is 6.58. The zero-order valence-corrected chi connectivity index (χ0v) is 11.2. The summed E-state index contributed by atoms with van der Waals surface area (Å²) in [6.07, 6.45) is 4.75. The Morgan fingerprint density at radius 2 is 2.21 bits per heavy atom. The highest BCUT2D eigenvalue weighted by Crippen LogP contribution is 2.38. The summed E-state index contributed by atoms with van der Waals surface area (Å²) in [6.45, 7) is 1.51. The van der Waals surface area contributed by atoms with Crippen LogP contribution in [0.4, 0.5) is 5.82 Å². The molecule has 1 aliphatic carbocycles. The Hall–Kier alpha value is -1.62. The van der Waals surface area contributed by atoms with Gasteiger partial charge in [-0.1, -0.05) is 18.9 Å². The summed E-state index contributed by atoms with van der Waals surface area (Å²) < 4.78 is 5.32. The van der Waals surface area contributed by atoms with Gasteiger partial charge in [-0.3, -0.25) is 0 Å². The zero-order valence-electron chi connectivity index (χ0n) is 11.2. The molecule has 0 aromatic carbocycles. The molecule has 1 aromatic rings. The van der Waals surface area contributed by atoms with Crippen molar-refractivity contribution in [1.82, 2.24) is 4.98 Å². The lowest BCUT2D eigenvalue weighted by Crippen LogP contribution is -2.31. The van der Waals surface area contributed by atoms with Crippen LogP contribution in [0.5, 0.6) is 0 Å². The second kappa shape index (κ2) is 6.02. The van der Waals surface area contributed by atoms with E-state index in [0.29, 0.717) is 5.82 Å². The molecule has 0 unspecified atom stereocenters. The van der Waals surface area contributed by atoms with E-state index in [4.69, 9.17) is 9.84 Å². The number of anilines is 1. The lowest BCUT2D eigenvalue weighted by molar-refractivity contribution is 0.0690. The molecule has 2 N–H and O–H groups in total. The summed E-state index contributed by atoms with van der Waals surface area (Å²) in [5.74, 6) is -0.390. The number of aromatic carboxylic acids is 1. The standard InChI is InChI=1S/C14H20N2O3/c1-19-10-14(7-2-3-8-14)9-15-12-6-4-5-11(16-12)13(17)18/h4-6H,2-3,7-10H2,1H3,(H,15,16)(H,17,18). The quantitative estimate of drug-likeness (QED) is 0.825. The van der Waals surface area contributed by atoms with Gasteiger partial charge in [0, 0.05) is 19.1 Å². The van der Waals surface area contributed by atoms with Crippen LogP contribution in [-0.2, 0) is 4.74 Å². The van der Waals surface area contributed by atoms with E-state index in [0.717, 1.165) is 26.0 Å². The predicted octanol–water partition coefficient (Wildman–Crippen LogP) is 2.40. The number of carboxylic acid groups (broad SMARTS) is 1. The van der Waals surface area contributed by atoms with Gasteiger partial charge >= 0.3 is 5.97 Å². The van der Waals surface area contributed by atoms with Crippen LogP contribution >= 0.6 is 0 Å². The van der Waals surface area contributed by atoms with Gasteiger partial charge in [0.15, 0.2) is 5.69 Å². The third-order valence-electron chi connectivity index (χ3n) is 3.73. The number of aromatic nitrogens is 1. The SMILES string of the molecule is COCC1(CNc2cccc(C(=O)O)n2)CCCC1. The highest BCUT2D eigenvalue weighted by Gasteiger charge is 2.33. The summed E-state index contributed by atoms with van der Waals surface area (Å²) >= 11 is 0. The first-order valence-electron chi connectivity index (χ1n) is 6.58. The van der Waals surface area contributed by atoms with Crippen LogP contribution in [-0.4, -0.2) is 36.3 Å². The lowest BCUT2D eigenvalue weighted by Gasteiger charge is -2.28. The fourth-order valence-electron chi connectivity index (χ4n) is 2.73. The maximum absolute atomic E-state index is 10.9. The van der Waals surface area contributed by atoms with Crippen molar-refractivity contribution in [3.8, 4) is 0 Å². The van der Waals surface area contributed by atoms with Crippen molar-refractivity contribution in [1.29, 1.82) is 0 Å². The van der Waals surface area contributed by atoms with Crippen molar-refractivity contribution in [3.63, 3.8) is 0 Å². The monoisotopic (exact) mass is 264 g/mol. The second-order valence-corrected chi connectivity index (χ2v) is 5.21. The fraction of sp³-hybridized carbons (Fsp3) is 0.571. The maximum Gasteiger partial charge on any atom is 0.354 e. The van der Waals surface area contributed by atoms with Crippen LogP contribution in [0.25, 0.3) is 0 Å². The fourth-order valence-corrected chi connectivity index (χ4v) is 2.73. The molecule has 1 saturated carbocycles. The Kier molecular flexibility index (Phi) is 4.37. The number of methoxy groups -OCH3 is 1. The molecule has 1 aliphatic rings. The minimum absolute atomic E-state index is 0.0669.